The molecule has 0 radical (unpaired) electrons. The molecule has 0 fully saturated rings. The van der Waals surface area contributed by atoms with Gasteiger partial charge in [-0.05, 0) is 11.6 Å². The van der Waals surface area contributed by atoms with Gasteiger partial charge in [-0.1, -0.05) is 19.2 Å². The van der Waals surface area contributed by atoms with Gasteiger partial charge in [-0.15, -0.1) is 0 Å². The zero-order chi connectivity index (χ0) is 10.3. The minimum atomic E-state index is -0.226. The zero-order valence-corrected chi connectivity index (χ0v) is 7.59. The smallest absolute Gasteiger partial charge is 0.256 e. The maximum atomic E-state index is 11.6. The number of rotatable bonds is 2. The summed E-state index contributed by atoms with van der Waals surface area (Å²) in [6, 6.07) is 0. The van der Waals surface area contributed by atoms with E-state index in [-0.39, 0.29) is 18.1 Å². The molecule has 0 atom stereocenters. The second-order valence-electron chi connectivity index (χ2n) is 3.15. The van der Waals surface area contributed by atoms with E-state index < -0.39 is 0 Å². The van der Waals surface area contributed by atoms with Gasteiger partial charge in [0.2, 0.25) is 0 Å². The number of hydrogen-bond donors (Lipinski definition) is 1. The highest BCUT2D eigenvalue weighted by Gasteiger charge is 2.37. The minimum Gasteiger partial charge on any atom is -0.321 e. The van der Waals surface area contributed by atoms with Gasteiger partial charge >= 0.3 is 0 Å². The second-order valence-corrected chi connectivity index (χ2v) is 3.15. The summed E-state index contributed by atoms with van der Waals surface area (Å²) in [6.07, 6.45) is 3.33. The lowest BCUT2D eigenvalue weighted by atomic mass is 10.1. The summed E-state index contributed by atoms with van der Waals surface area (Å²) in [5, 5.41) is 2.60. The first-order chi connectivity index (χ1) is 6.69. The van der Waals surface area contributed by atoms with Crippen molar-refractivity contribution in [2.75, 3.05) is 0 Å². The molecule has 0 spiro atoms. The normalized spacial score (nSPS) is 20.0. The van der Waals surface area contributed by atoms with Gasteiger partial charge in [0.15, 0.2) is 5.78 Å². The van der Waals surface area contributed by atoms with Crippen LogP contribution < -0.4 is 5.32 Å². The summed E-state index contributed by atoms with van der Waals surface area (Å²) in [7, 11) is 0. The van der Waals surface area contributed by atoms with Crippen LogP contribution in [0.15, 0.2) is 47.7 Å². The van der Waals surface area contributed by atoms with Gasteiger partial charge in [-0.2, -0.15) is 0 Å². The second kappa shape index (κ2) is 2.80. The van der Waals surface area contributed by atoms with Gasteiger partial charge in [-0.25, -0.2) is 0 Å². The first-order valence-electron chi connectivity index (χ1n) is 4.26. The number of carbonyl (C=O) groups is 2. The van der Waals surface area contributed by atoms with Crippen LogP contribution in [0, 0.1) is 0 Å². The van der Waals surface area contributed by atoms with Crippen LogP contribution >= 0.6 is 0 Å². The molecule has 1 heterocycles. The Kier molecular flexibility index (Phi) is 1.74. The summed E-state index contributed by atoms with van der Waals surface area (Å²) in [5.74, 6) is -0.265. The third-order valence-electron chi connectivity index (χ3n) is 2.40. The van der Waals surface area contributed by atoms with Gasteiger partial charge < -0.3 is 5.32 Å². The molecule has 1 N–H and O–H groups in total. The van der Waals surface area contributed by atoms with E-state index in [2.05, 4.69) is 18.5 Å². The van der Waals surface area contributed by atoms with Crippen molar-refractivity contribution < 1.29 is 9.59 Å². The number of ketones is 1. The molecule has 0 bridgehead atoms. The maximum Gasteiger partial charge on any atom is 0.256 e. The molecule has 0 saturated carbocycles. The van der Waals surface area contributed by atoms with E-state index in [0.29, 0.717) is 22.4 Å². The number of amides is 1. The molecule has 0 aromatic rings. The Bertz CT molecular complexity index is 396. The van der Waals surface area contributed by atoms with Gasteiger partial charge in [0.25, 0.3) is 5.91 Å². The van der Waals surface area contributed by atoms with Crippen LogP contribution in [0.1, 0.15) is 6.42 Å². The fraction of sp³-hybridized carbons (Fsp3) is 0.0909. The minimum absolute atomic E-state index is 0.0387. The van der Waals surface area contributed by atoms with Crippen molar-refractivity contribution in [2.45, 2.75) is 6.42 Å². The first-order valence-corrected chi connectivity index (χ1v) is 4.26. The molecule has 2 rings (SSSR count). The SMILES string of the molecule is C=CC1=C2C(=O)NC(C=C)=C2C(=O)C1. The Morgan fingerprint density at radius 2 is 1.86 bits per heavy atom. The Labute approximate surface area is 81.5 Å². The standard InChI is InChI=1S/C11H9NO2/c1-3-6-5-8(13)10-7(4-2)12-11(14)9(6)10/h3-4H,1-2,5H2,(H,12,14). The van der Waals surface area contributed by atoms with Crippen molar-refractivity contribution in [3.63, 3.8) is 0 Å². The summed E-state index contributed by atoms with van der Waals surface area (Å²) in [6.45, 7) is 7.13. The van der Waals surface area contributed by atoms with E-state index in [9.17, 15) is 9.59 Å². The Morgan fingerprint density at radius 3 is 2.43 bits per heavy atom. The van der Waals surface area contributed by atoms with E-state index in [1.54, 1.807) is 6.08 Å². The van der Waals surface area contributed by atoms with Crippen molar-refractivity contribution in [1.82, 2.24) is 5.32 Å². The van der Waals surface area contributed by atoms with E-state index in [1.165, 1.54) is 6.08 Å². The number of Topliss-reactive ketones (excluding diaryl/α,β-unsaturated/α-hetero) is 1. The number of fused-ring (bicyclic) bond motifs is 1. The lowest BCUT2D eigenvalue weighted by molar-refractivity contribution is -0.116. The van der Waals surface area contributed by atoms with Crippen LogP contribution in [-0.4, -0.2) is 11.7 Å². The largest absolute Gasteiger partial charge is 0.321 e. The molecule has 3 heteroatoms. The van der Waals surface area contributed by atoms with E-state index in [4.69, 9.17) is 0 Å². The highest BCUT2D eigenvalue weighted by molar-refractivity contribution is 6.21. The lowest BCUT2D eigenvalue weighted by Gasteiger charge is -1.96. The van der Waals surface area contributed by atoms with Crippen LogP contribution in [0.5, 0.6) is 0 Å². The average Bonchev–Trinajstić information content (AvgIpc) is 2.67. The van der Waals surface area contributed by atoms with Crippen molar-refractivity contribution in [1.29, 1.82) is 0 Å². The first kappa shape index (κ1) is 8.69. The molecule has 1 aliphatic carbocycles. The summed E-state index contributed by atoms with van der Waals surface area (Å²) in [4.78, 5) is 23.0. The molecule has 2 aliphatic rings. The van der Waals surface area contributed by atoms with Crippen LogP contribution in [-0.2, 0) is 9.59 Å². The van der Waals surface area contributed by atoms with Crippen molar-refractivity contribution in [2.24, 2.45) is 0 Å². The van der Waals surface area contributed by atoms with Crippen LogP contribution in [0.25, 0.3) is 0 Å². The van der Waals surface area contributed by atoms with E-state index in [0.717, 1.165) is 0 Å². The molecule has 0 aromatic carbocycles. The van der Waals surface area contributed by atoms with Crippen molar-refractivity contribution in [3.8, 4) is 0 Å². The predicted octanol–water partition coefficient (Wildman–Crippen LogP) is 1.01. The summed E-state index contributed by atoms with van der Waals surface area (Å²) < 4.78 is 0. The monoisotopic (exact) mass is 187 g/mol. The summed E-state index contributed by atoms with van der Waals surface area (Å²) >= 11 is 0. The quantitative estimate of drug-likeness (QED) is 0.701. The molecular formula is C11H9NO2. The lowest BCUT2D eigenvalue weighted by Crippen LogP contribution is -2.16. The maximum absolute atomic E-state index is 11.6. The number of nitrogens with one attached hydrogen (secondary N) is 1. The predicted molar refractivity (Wildman–Crippen MR) is 52.2 cm³/mol. The van der Waals surface area contributed by atoms with E-state index >= 15 is 0 Å². The fourth-order valence-electron chi connectivity index (χ4n) is 1.77. The van der Waals surface area contributed by atoms with Crippen molar-refractivity contribution in [3.05, 3.63) is 47.7 Å². The molecule has 70 valence electrons. The highest BCUT2D eigenvalue weighted by Crippen LogP contribution is 2.34. The number of hydrogen-bond acceptors (Lipinski definition) is 2. The van der Waals surface area contributed by atoms with Crippen LogP contribution in [0.2, 0.25) is 0 Å². The molecule has 0 saturated heterocycles. The molecule has 1 aliphatic heterocycles. The third kappa shape index (κ3) is 0.923. The summed E-state index contributed by atoms with van der Waals surface area (Å²) in [5.41, 5.74) is 2.17. The molecule has 3 nitrogen and oxygen atoms in total. The van der Waals surface area contributed by atoms with Gasteiger partial charge in [0.1, 0.15) is 0 Å². The Morgan fingerprint density at radius 1 is 1.14 bits per heavy atom. The molecule has 0 aromatic heterocycles. The highest BCUT2D eigenvalue weighted by atomic mass is 16.2. The molecule has 14 heavy (non-hydrogen) atoms. The van der Waals surface area contributed by atoms with Crippen molar-refractivity contribution >= 4 is 11.7 Å². The Balaban J connectivity index is 2.67. The van der Waals surface area contributed by atoms with Gasteiger partial charge in [0, 0.05) is 6.42 Å². The topological polar surface area (TPSA) is 46.2 Å². The van der Waals surface area contributed by atoms with Gasteiger partial charge in [-0.3, -0.25) is 9.59 Å². The third-order valence-corrected chi connectivity index (χ3v) is 2.40. The molecule has 0 unspecified atom stereocenters. The molecule has 1 amide bonds. The van der Waals surface area contributed by atoms with E-state index in [1.807, 2.05) is 0 Å². The number of carbonyl (C=O) groups excluding carboxylic acids is 2. The number of allylic oxidation sites excluding steroid dienone is 3. The van der Waals surface area contributed by atoms with Gasteiger partial charge in [0.05, 0.1) is 16.8 Å². The molecular weight excluding hydrogens is 178 g/mol. The zero-order valence-electron chi connectivity index (χ0n) is 7.59. The van der Waals surface area contributed by atoms with Crippen LogP contribution in [0.3, 0.4) is 0 Å². The average molecular weight is 187 g/mol. The van der Waals surface area contributed by atoms with Crippen LogP contribution in [0.4, 0.5) is 0 Å². The fourth-order valence-corrected chi connectivity index (χ4v) is 1.77. The Hall–Kier alpha value is -1.90.